The monoisotopic (exact) mass is 225 g/mol. The van der Waals surface area contributed by atoms with Crippen molar-refractivity contribution in [1.29, 1.82) is 0 Å². The van der Waals surface area contributed by atoms with Gasteiger partial charge in [0, 0.05) is 11.6 Å². The Kier molecular flexibility index (Phi) is 2.29. The zero-order valence-corrected chi connectivity index (χ0v) is 9.38. The molecule has 17 heavy (non-hydrogen) atoms. The van der Waals surface area contributed by atoms with Crippen LogP contribution in [0.5, 0.6) is 5.75 Å². The minimum Gasteiger partial charge on any atom is -0.496 e. The number of nitrogens with zero attached hydrogens (tertiary/aromatic N) is 1. The lowest BCUT2D eigenvalue weighted by Crippen LogP contribution is -1.87. The van der Waals surface area contributed by atoms with Crippen molar-refractivity contribution in [2.24, 2.45) is 0 Å². The molecule has 0 N–H and O–H groups in total. The molecule has 0 saturated carbocycles. The van der Waals surface area contributed by atoms with E-state index < -0.39 is 0 Å². The molecule has 3 aromatic rings. The molecule has 0 saturated heterocycles. The number of ether oxygens (including phenoxy) is 1. The molecule has 84 valence electrons. The van der Waals surface area contributed by atoms with Crippen LogP contribution in [0.3, 0.4) is 0 Å². The molecule has 0 amide bonds. The van der Waals surface area contributed by atoms with Crippen molar-refractivity contribution in [1.82, 2.24) is 4.98 Å². The van der Waals surface area contributed by atoms with Crippen LogP contribution in [0.4, 0.5) is 0 Å². The summed E-state index contributed by atoms with van der Waals surface area (Å²) in [5.41, 5.74) is 0.829. The summed E-state index contributed by atoms with van der Waals surface area (Å²) in [6.07, 6.45) is 3.46. The van der Waals surface area contributed by atoms with Gasteiger partial charge in [0.25, 0.3) is 0 Å². The molecule has 3 nitrogen and oxygen atoms in total. The first-order valence-corrected chi connectivity index (χ1v) is 5.35. The van der Waals surface area contributed by atoms with E-state index in [0.29, 0.717) is 0 Å². The van der Waals surface area contributed by atoms with E-state index in [1.54, 1.807) is 13.4 Å². The number of fused-ring (bicyclic) bond motifs is 1. The molecular formula is C14H11NO2. The maximum absolute atomic E-state index is 5.33. The number of furan rings is 1. The van der Waals surface area contributed by atoms with E-state index in [2.05, 4.69) is 4.98 Å². The van der Waals surface area contributed by atoms with Crippen molar-refractivity contribution in [3.63, 3.8) is 0 Å². The Morgan fingerprint density at radius 2 is 2.12 bits per heavy atom. The number of methoxy groups -OCH3 is 1. The second kappa shape index (κ2) is 3.94. The predicted molar refractivity (Wildman–Crippen MR) is 66.0 cm³/mol. The molecule has 0 radical (unpaired) electrons. The smallest absolute Gasteiger partial charge is 0.152 e. The fourth-order valence-corrected chi connectivity index (χ4v) is 1.88. The summed E-state index contributed by atoms with van der Waals surface area (Å²) in [4.78, 5) is 4.38. The zero-order valence-electron chi connectivity index (χ0n) is 9.38. The van der Waals surface area contributed by atoms with E-state index >= 15 is 0 Å². The van der Waals surface area contributed by atoms with Gasteiger partial charge in [0.15, 0.2) is 5.76 Å². The molecule has 0 fully saturated rings. The van der Waals surface area contributed by atoms with Gasteiger partial charge in [-0.05, 0) is 29.7 Å². The highest BCUT2D eigenvalue weighted by Crippen LogP contribution is 2.27. The maximum atomic E-state index is 5.33. The van der Waals surface area contributed by atoms with Gasteiger partial charge in [0.05, 0.1) is 13.4 Å². The number of aromatic nitrogens is 1. The minimum atomic E-state index is 0.773. The van der Waals surface area contributed by atoms with Crippen LogP contribution in [0.15, 0.2) is 53.3 Å². The van der Waals surface area contributed by atoms with Gasteiger partial charge in [-0.15, -0.1) is 0 Å². The normalized spacial score (nSPS) is 10.6. The second-order valence-corrected chi connectivity index (χ2v) is 3.73. The molecule has 0 unspecified atom stereocenters. The van der Waals surface area contributed by atoms with Crippen molar-refractivity contribution < 1.29 is 9.15 Å². The van der Waals surface area contributed by atoms with E-state index in [1.165, 1.54) is 0 Å². The van der Waals surface area contributed by atoms with Crippen LogP contribution in [0.1, 0.15) is 0 Å². The van der Waals surface area contributed by atoms with Gasteiger partial charge in [-0.1, -0.05) is 12.1 Å². The van der Waals surface area contributed by atoms with Crippen molar-refractivity contribution in [3.8, 4) is 17.2 Å². The van der Waals surface area contributed by atoms with Gasteiger partial charge >= 0.3 is 0 Å². The van der Waals surface area contributed by atoms with E-state index in [-0.39, 0.29) is 0 Å². The summed E-state index contributed by atoms with van der Waals surface area (Å²) in [6.45, 7) is 0. The number of hydrogen-bond donors (Lipinski definition) is 0. The first kappa shape index (κ1) is 9.90. The lowest BCUT2D eigenvalue weighted by molar-refractivity contribution is 0.419. The lowest BCUT2D eigenvalue weighted by atomic mass is 10.1. The van der Waals surface area contributed by atoms with Gasteiger partial charge in [0.2, 0.25) is 0 Å². The molecule has 2 aromatic heterocycles. The van der Waals surface area contributed by atoms with Crippen molar-refractivity contribution in [2.75, 3.05) is 7.11 Å². The molecule has 2 heterocycles. The summed E-state index contributed by atoms with van der Waals surface area (Å²) in [7, 11) is 1.66. The molecule has 0 aliphatic carbocycles. The third-order valence-corrected chi connectivity index (χ3v) is 2.72. The highest BCUT2D eigenvalue weighted by atomic mass is 16.5. The Bertz CT molecular complexity index is 644. The first-order valence-electron chi connectivity index (χ1n) is 5.35. The fourth-order valence-electron chi connectivity index (χ4n) is 1.88. The van der Waals surface area contributed by atoms with Crippen LogP contribution in [-0.2, 0) is 0 Å². The fraction of sp³-hybridized carbons (Fsp3) is 0.0714. The van der Waals surface area contributed by atoms with Crippen molar-refractivity contribution in [2.45, 2.75) is 0 Å². The average molecular weight is 225 g/mol. The van der Waals surface area contributed by atoms with Gasteiger partial charge in [0.1, 0.15) is 11.4 Å². The zero-order chi connectivity index (χ0) is 11.7. The average Bonchev–Trinajstić information content (AvgIpc) is 2.91. The number of hydrogen-bond acceptors (Lipinski definition) is 3. The molecule has 0 bridgehead atoms. The van der Waals surface area contributed by atoms with Crippen LogP contribution >= 0.6 is 0 Å². The number of pyridine rings is 1. The second-order valence-electron chi connectivity index (χ2n) is 3.73. The number of benzene rings is 1. The lowest BCUT2D eigenvalue weighted by Gasteiger charge is -2.05. The Hall–Kier alpha value is -2.29. The summed E-state index contributed by atoms with van der Waals surface area (Å²) in [6, 6.07) is 11.7. The van der Waals surface area contributed by atoms with E-state index in [0.717, 1.165) is 28.0 Å². The first-order chi connectivity index (χ1) is 8.38. The highest BCUT2D eigenvalue weighted by Gasteiger charge is 2.06. The molecular weight excluding hydrogens is 214 g/mol. The third kappa shape index (κ3) is 1.65. The minimum absolute atomic E-state index is 0.773. The molecule has 0 atom stereocenters. The Balaban J connectivity index is 2.21. The van der Waals surface area contributed by atoms with Gasteiger partial charge in [-0.3, -0.25) is 4.98 Å². The summed E-state index contributed by atoms with van der Waals surface area (Å²) < 4.78 is 10.6. The van der Waals surface area contributed by atoms with Gasteiger partial charge in [-0.25, -0.2) is 0 Å². The van der Waals surface area contributed by atoms with Crippen LogP contribution in [0.2, 0.25) is 0 Å². The SMILES string of the molecule is COc1cccc2cc(-c3ccco3)ncc12. The quantitative estimate of drug-likeness (QED) is 0.669. The summed E-state index contributed by atoms with van der Waals surface area (Å²) >= 11 is 0. The molecule has 0 aliphatic rings. The van der Waals surface area contributed by atoms with Gasteiger partial charge in [-0.2, -0.15) is 0 Å². The molecule has 3 heteroatoms. The Labute approximate surface area is 98.7 Å². The van der Waals surface area contributed by atoms with Crippen LogP contribution in [0, 0.1) is 0 Å². The van der Waals surface area contributed by atoms with E-state index in [1.807, 2.05) is 42.6 Å². The standard InChI is InChI=1S/C14H11NO2/c1-16-13-5-2-4-10-8-12(15-9-11(10)13)14-6-3-7-17-14/h2-9H,1H3. The largest absolute Gasteiger partial charge is 0.496 e. The van der Waals surface area contributed by atoms with Crippen molar-refractivity contribution >= 4 is 10.8 Å². The third-order valence-electron chi connectivity index (χ3n) is 2.72. The molecule has 0 spiro atoms. The predicted octanol–water partition coefficient (Wildman–Crippen LogP) is 3.50. The topological polar surface area (TPSA) is 35.3 Å². The van der Waals surface area contributed by atoms with Crippen LogP contribution in [0.25, 0.3) is 22.2 Å². The summed E-state index contributed by atoms with van der Waals surface area (Å²) in [5.74, 6) is 1.61. The highest BCUT2D eigenvalue weighted by molar-refractivity contribution is 5.89. The van der Waals surface area contributed by atoms with E-state index in [4.69, 9.17) is 9.15 Å². The number of rotatable bonds is 2. The van der Waals surface area contributed by atoms with E-state index in [9.17, 15) is 0 Å². The van der Waals surface area contributed by atoms with Crippen LogP contribution < -0.4 is 4.74 Å². The molecule has 3 rings (SSSR count). The maximum Gasteiger partial charge on any atom is 0.152 e. The summed E-state index contributed by atoms with van der Waals surface area (Å²) in [5, 5.41) is 2.09. The van der Waals surface area contributed by atoms with Crippen LogP contribution in [-0.4, -0.2) is 12.1 Å². The Morgan fingerprint density at radius 3 is 2.88 bits per heavy atom. The molecule has 0 aliphatic heterocycles. The van der Waals surface area contributed by atoms with Crippen molar-refractivity contribution in [3.05, 3.63) is 48.9 Å². The molecule has 1 aromatic carbocycles. The Morgan fingerprint density at radius 1 is 1.18 bits per heavy atom. The van der Waals surface area contributed by atoms with Gasteiger partial charge < -0.3 is 9.15 Å².